The van der Waals surface area contributed by atoms with E-state index in [0.717, 1.165) is 22.9 Å². The van der Waals surface area contributed by atoms with Crippen LogP contribution in [0.5, 0.6) is 0 Å². The molecule has 1 amide bonds. The third-order valence-electron chi connectivity index (χ3n) is 5.65. The Kier molecular flexibility index (Phi) is 8.42. The van der Waals surface area contributed by atoms with Gasteiger partial charge in [-0.15, -0.1) is 0 Å². The Bertz CT molecular complexity index is 1410. The van der Waals surface area contributed by atoms with E-state index in [4.69, 9.17) is 0 Å². The monoisotopic (exact) mass is 529 g/mol. The van der Waals surface area contributed by atoms with Crippen molar-refractivity contribution in [1.82, 2.24) is 0 Å². The minimum absolute atomic E-state index is 0.0741. The highest BCUT2D eigenvalue weighted by Gasteiger charge is 2.18. The van der Waals surface area contributed by atoms with Gasteiger partial charge in [0.15, 0.2) is 0 Å². The quantitative estimate of drug-likeness (QED) is 0.399. The summed E-state index contributed by atoms with van der Waals surface area (Å²) in [6, 6.07) is 18.6. The fourth-order valence-electron chi connectivity index (χ4n) is 3.69. The van der Waals surface area contributed by atoms with Crippen LogP contribution in [0.25, 0.3) is 0 Å². The van der Waals surface area contributed by atoms with Crippen LogP contribution in [0.2, 0.25) is 0 Å². The summed E-state index contributed by atoms with van der Waals surface area (Å²) in [6.45, 7) is 5.75. The van der Waals surface area contributed by atoms with Crippen LogP contribution in [-0.4, -0.2) is 35.5 Å². The molecule has 8 nitrogen and oxygen atoms in total. The molecule has 0 atom stereocenters. The maximum absolute atomic E-state index is 12.8. The minimum atomic E-state index is -3.80. The van der Waals surface area contributed by atoms with Crippen molar-refractivity contribution in [3.63, 3.8) is 0 Å². The molecule has 0 aliphatic rings. The third kappa shape index (κ3) is 7.08. The zero-order valence-corrected chi connectivity index (χ0v) is 22.4. The average Bonchev–Trinajstić information content (AvgIpc) is 2.80. The van der Waals surface area contributed by atoms with Crippen molar-refractivity contribution in [1.29, 1.82) is 0 Å². The van der Waals surface area contributed by atoms with Crippen molar-refractivity contribution in [2.24, 2.45) is 0 Å². The summed E-state index contributed by atoms with van der Waals surface area (Å²) in [4.78, 5) is 12.5. The van der Waals surface area contributed by atoms with E-state index < -0.39 is 20.0 Å². The van der Waals surface area contributed by atoms with Gasteiger partial charge in [-0.05, 0) is 74.7 Å². The molecular weight excluding hydrogens is 498 g/mol. The molecule has 2 N–H and O–H groups in total. The van der Waals surface area contributed by atoms with Crippen LogP contribution >= 0.6 is 0 Å². The first kappa shape index (κ1) is 27.2. The first-order chi connectivity index (χ1) is 16.9. The fourth-order valence-corrected chi connectivity index (χ4v) is 5.86. The van der Waals surface area contributed by atoms with Crippen molar-refractivity contribution in [3.05, 3.63) is 83.4 Å². The molecule has 0 heterocycles. The first-order valence-corrected chi connectivity index (χ1v) is 14.7. The molecule has 10 heteroatoms. The summed E-state index contributed by atoms with van der Waals surface area (Å²) < 4.78 is 54.0. The molecule has 3 aromatic carbocycles. The zero-order valence-electron chi connectivity index (χ0n) is 20.8. The molecule has 192 valence electrons. The molecule has 0 bridgehead atoms. The Morgan fingerprint density at radius 1 is 0.833 bits per heavy atom. The summed E-state index contributed by atoms with van der Waals surface area (Å²) in [5.41, 5.74) is 4.20. The predicted molar refractivity (Wildman–Crippen MR) is 144 cm³/mol. The number of para-hydroxylation sites is 1. The van der Waals surface area contributed by atoms with Crippen LogP contribution < -0.4 is 14.3 Å². The normalized spacial score (nSPS) is 11.7. The molecule has 3 aromatic rings. The molecule has 36 heavy (non-hydrogen) atoms. The van der Waals surface area contributed by atoms with Gasteiger partial charge in [-0.1, -0.05) is 35.9 Å². The van der Waals surface area contributed by atoms with E-state index in [-0.39, 0.29) is 23.8 Å². The van der Waals surface area contributed by atoms with E-state index in [9.17, 15) is 21.6 Å². The SMILES string of the molecule is Cc1ccc(N(CCCC(=O)Nc2ccc(S(=O)(=O)Nc3c(C)cccc3C)cc2)S(C)(=O)=O)cc1. The summed E-state index contributed by atoms with van der Waals surface area (Å²) in [7, 11) is -7.29. The number of hydrogen-bond acceptors (Lipinski definition) is 5. The second-order valence-corrected chi connectivity index (χ2v) is 12.3. The van der Waals surface area contributed by atoms with E-state index >= 15 is 0 Å². The second-order valence-electron chi connectivity index (χ2n) is 8.72. The lowest BCUT2D eigenvalue weighted by Crippen LogP contribution is -2.31. The van der Waals surface area contributed by atoms with Crippen molar-refractivity contribution in [2.75, 3.05) is 27.1 Å². The fraction of sp³-hybridized carbons (Fsp3) is 0.269. The number of benzene rings is 3. The Labute approximate surface area is 213 Å². The van der Waals surface area contributed by atoms with Crippen molar-refractivity contribution < 1.29 is 21.6 Å². The Hall–Kier alpha value is -3.37. The first-order valence-electron chi connectivity index (χ1n) is 11.4. The van der Waals surface area contributed by atoms with E-state index in [1.807, 2.05) is 51.1 Å². The minimum Gasteiger partial charge on any atom is -0.326 e. The van der Waals surface area contributed by atoms with Crippen LogP contribution in [-0.2, 0) is 24.8 Å². The highest BCUT2D eigenvalue weighted by Crippen LogP contribution is 2.24. The maximum atomic E-state index is 12.8. The van der Waals surface area contributed by atoms with Gasteiger partial charge >= 0.3 is 0 Å². The third-order valence-corrected chi connectivity index (χ3v) is 8.21. The lowest BCUT2D eigenvalue weighted by atomic mass is 10.1. The number of carbonyl (C=O) groups excluding carboxylic acids is 1. The molecule has 0 unspecified atom stereocenters. The van der Waals surface area contributed by atoms with Crippen molar-refractivity contribution in [2.45, 2.75) is 38.5 Å². The standard InChI is InChI=1S/C26H31N3O5S2/c1-19-10-14-23(15-11-19)29(35(4,31)32)18-6-9-25(30)27-22-12-16-24(17-13-22)36(33,34)28-26-20(2)7-5-8-21(26)3/h5,7-8,10-17,28H,6,9,18H2,1-4H3,(H,27,30). The molecule has 0 aliphatic carbocycles. The largest absolute Gasteiger partial charge is 0.326 e. The van der Waals surface area contributed by atoms with Crippen molar-refractivity contribution in [3.8, 4) is 0 Å². The highest BCUT2D eigenvalue weighted by molar-refractivity contribution is 7.92. The van der Waals surface area contributed by atoms with Crippen LogP contribution in [0.3, 0.4) is 0 Å². The van der Waals surface area contributed by atoms with Gasteiger partial charge in [0.2, 0.25) is 15.9 Å². The maximum Gasteiger partial charge on any atom is 0.261 e. The molecule has 0 fully saturated rings. The average molecular weight is 530 g/mol. The van der Waals surface area contributed by atoms with Gasteiger partial charge in [-0.3, -0.25) is 13.8 Å². The number of nitrogens with one attached hydrogen (secondary N) is 2. The van der Waals surface area contributed by atoms with Crippen LogP contribution in [0, 0.1) is 20.8 Å². The molecular formula is C26H31N3O5S2. The Morgan fingerprint density at radius 2 is 1.42 bits per heavy atom. The summed E-state index contributed by atoms with van der Waals surface area (Å²) in [5, 5.41) is 2.73. The van der Waals surface area contributed by atoms with Crippen LogP contribution in [0.4, 0.5) is 17.1 Å². The summed E-state index contributed by atoms with van der Waals surface area (Å²) in [5.74, 6) is -0.295. The van der Waals surface area contributed by atoms with Gasteiger partial charge in [-0.2, -0.15) is 0 Å². The molecule has 0 aromatic heterocycles. The number of amides is 1. The Balaban J connectivity index is 1.59. The number of carbonyl (C=O) groups is 1. The van der Waals surface area contributed by atoms with Gasteiger partial charge in [0, 0.05) is 18.7 Å². The number of rotatable bonds is 10. The van der Waals surface area contributed by atoms with Gasteiger partial charge in [0.1, 0.15) is 0 Å². The topological polar surface area (TPSA) is 113 Å². The molecule has 3 rings (SSSR count). The number of anilines is 3. The zero-order chi connectivity index (χ0) is 26.5. The van der Waals surface area contributed by atoms with E-state index in [1.165, 1.54) is 28.6 Å². The van der Waals surface area contributed by atoms with E-state index in [0.29, 0.717) is 23.5 Å². The number of sulfonamides is 2. The van der Waals surface area contributed by atoms with Crippen LogP contribution in [0.1, 0.15) is 29.5 Å². The smallest absolute Gasteiger partial charge is 0.261 e. The summed E-state index contributed by atoms with van der Waals surface area (Å²) in [6.07, 6.45) is 1.56. The highest BCUT2D eigenvalue weighted by atomic mass is 32.2. The molecule has 0 spiro atoms. The Morgan fingerprint density at radius 3 is 1.97 bits per heavy atom. The van der Waals surface area contributed by atoms with Gasteiger partial charge in [0.25, 0.3) is 10.0 Å². The number of aryl methyl sites for hydroxylation is 3. The molecule has 0 radical (unpaired) electrons. The van der Waals surface area contributed by atoms with Crippen molar-refractivity contribution >= 4 is 43.0 Å². The number of nitrogens with zero attached hydrogens (tertiary/aromatic N) is 1. The predicted octanol–water partition coefficient (Wildman–Crippen LogP) is 4.60. The lowest BCUT2D eigenvalue weighted by molar-refractivity contribution is -0.116. The summed E-state index contributed by atoms with van der Waals surface area (Å²) >= 11 is 0. The van der Waals surface area contributed by atoms with Gasteiger partial charge in [0.05, 0.1) is 22.5 Å². The van der Waals surface area contributed by atoms with Crippen LogP contribution in [0.15, 0.2) is 71.6 Å². The molecule has 0 saturated carbocycles. The van der Waals surface area contributed by atoms with E-state index in [1.54, 1.807) is 12.1 Å². The van der Waals surface area contributed by atoms with Gasteiger partial charge in [-0.25, -0.2) is 16.8 Å². The number of hydrogen-bond donors (Lipinski definition) is 2. The second kappa shape index (κ2) is 11.1. The van der Waals surface area contributed by atoms with E-state index in [2.05, 4.69) is 10.0 Å². The lowest BCUT2D eigenvalue weighted by Gasteiger charge is -2.22. The molecule has 0 saturated heterocycles. The van der Waals surface area contributed by atoms with Gasteiger partial charge < -0.3 is 5.32 Å². The molecule has 0 aliphatic heterocycles.